The molecule has 292 valence electrons. The zero-order valence-corrected chi connectivity index (χ0v) is 33.7. The zero-order valence-electron chi connectivity index (χ0n) is 32.7. The number of hydrogen-bond acceptors (Lipinski definition) is 11. The summed E-state index contributed by atoms with van der Waals surface area (Å²) < 4.78 is 22.5. The highest BCUT2D eigenvalue weighted by Gasteiger charge is 2.57. The van der Waals surface area contributed by atoms with E-state index >= 15 is 0 Å². The van der Waals surface area contributed by atoms with Crippen LogP contribution < -0.4 is 27.4 Å². The first-order valence-corrected chi connectivity index (χ1v) is 21.3. The molecule has 15 heteroatoms. The lowest BCUT2D eigenvalue weighted by Crippen LogP contribution is -2.57. The van der Waals surface area contributed by atoms with Gasteiger partial charge in [-0.05, 0) is 81.3 Å². The molecule has 0 aromatic carbocycles. The van der Waals surface area contributed by atoms with E-state index in [-0.39, 0.29) is 60.1 Å². The van der Waals surface area contributed by atoms with Crippen molar-refractivity contribution in [3.05, 3.63) is 0 Å². The van der Waals surface area contributed by atoms with Gasteiger partial charge in [0.05, 0.1) is 44.6 Å². The van der Waals surface area contributed by atoms with Crippen molar-refractivity contribution in [3.63, 3.8) is 0 Å². The fourth-order valence-corrected chi connectivity index (χ4v) is 7.21. The summed E-state index contributed by atoms with van der Waals surface area (Å²) in [6, 6.07) is -4.34. The Labute approximate surface area is 305 Å². The number of nitrogens with one attached hydrogen (secondary N) is 3. The molecule has 10 atom stereocenters. The summed E-state index contributed by atoms with van der Waals surface area (Å²) in [5.74, 6) is -1.98. The second kappa shape index (κ2) is 16.8. The molecule has 1 aliphatic carbocycles. The predicted molar refractivity (Wildman–Crippen MR) is 195 cm³/mol. The van der Waals surface area contributed by atoms with Crippen molar-refractivity contribution in [1.29, 1.82) is 0 Å². The number of ketones is 2. The fourth-order valence-electron chi connectivity index (χ4n) is 6.18. The third-order valence-corrected chi connectivity index (χ3v) is 15.4. The van der Waals surface area contributed by atoms with Gasteiger partial charge in [-0.3, -0.25) is 24.0 Å². The Bertz CT molecular complexity index is 1280. The normalized spacial score (nSPS) is 27.7. The van der Waals surface area contributed by atoms with Gasteiger partial charge in [-0.2, -0.15) is 0 Å². The number of methoxy groups -OCH3 is 1. The smallest absolute Gasteiger partial charge is 0.243 e. The molecule has 0 bridgehead atoms. The number of nitrogens with two attached hydrogens (primary N) is 2. The third kappa shape index (κ3) is 11.6. The molecular weight excluding hydrogens is 675 g/mol. The number of Topliss-reactive ketones (excluding diaryl/α,β-unsaturated/α-hetero) is 2. The Morgan fingerprint density at radius 2 is 1.45 bits per heavy atom. The lowest BCUT2D eigenvalue weighted by atomic mass is 9.88. The first kappa shape index (κ1) is 43.1. The highest BCUT2D eigenvalue weighted by atomic mass is 28.4. The molecule has 3 rings (SSSR count). The van der Waals surface area contributed by atoms with E-state index in [0.29, 0.717) is 32.3 Å². The Balaban J connectivity index is 1.74. The van der Waals surface area contributed by atoms with Crippen LogP contribution in [-0.4, -0.2) is 113 Å². The van der Waals surface area contributed by atoms with E-state index in [0.717, 1.165) is 0 Å². The van der Waals surface area contributed by atoms with Gasteiger partial charge in [0.2, 0.25) is 17.7 Å². The van der Waals surface area contributed by atoms with Crippen molar-refractivity contribution >= 4 is 37.6 Å². The molecule has 2 saturated heterocycles. The SMILES string of the molecule is COC[C@H](N)C(=O)N[C@H](C(=O)N[C@@H](CC(C)C)C(=O)[C@@]1(C)CO1)C1CC1CC(C)CC(NC(=O)[C@H](C)N)C(=O)[C@@]1(CO[Si](C)(C)C(C)(C)C)CO1. The summed E-state index contributed by atoms with van der Waals surface area (Å²) in [6.07, 6.45) is 2.02. The monoisotopic (exact) mass is 739 g/mol. The third-order valence-electron chi connectivity index (χ3n) is 10.9. The molecule has 2 aliphatic heterocycles. The largest absolute Gasteiger partial charge is 0.413 e. The Hall–Kier alpha value is -2.27. The molecule has 3 amide bonds. The number of amides is 3. The van der Waals surface area contributed by atoms with E-state index in [2.05, 4.69) is 49.8 Å². The van der Waals surface area contributed by atoms with Crippen LogP contribution in [0.1, 0.15) is 81.1 Å². The number of ether oxygens (including phenoxy) is 3. The number of carbonyl (C=O) groups is 5. The van der Waals surface area contributed by atoms with Gasteiger partial charge in [-0.1, -0.05) is 41.5 Å². The first-order valence-electron chi connectivity index (χ1n) is 18.4. The number of rotatable bonds is 22. The van der Waals surface area contributed by atoms with E-state index in [9.17, 15) is 24.0 Å². The molecule has 1 saturated carbocycles. The molecule has 4 unspecified atom stereocenters. The van der Waals surface area contributed by atoms with Crippen molar-refractivity contribution in [3.8, 4) is 0 Å². The Morgan fingerprint density at radius 3 is 1.94 bits per heavy atom. The maximum Gasteiger partial charge on any atom is 0.243 e. The second-order valence-corrected chi connectivity index (χ2v) is 22.2. The molecule has 7 N–H and O–H groups in total. The minimum Gasteiger partial charge on any atom is -0.413 e. The quantitative estimate of drug-likeness (QED) is 0.0793. The molecule has 0 aromatic heterocycles. The molecule has 0 radical (unpaired) electrons. The molecule has 0 aromatic rings. The van der Waals surface area contributed by atoms with Crippen LogP contribution in [0.4, 0.5) is 0 Å². The lowest BCUT2D eigenvalue weighted by Gasteiger charge is -2.37. The molecular formula is C36H65N5O9Si. The molecule has 2 heterocycles. The first-order chi connectivity index (χ1) is 23.5. The number of hydrogen-bond donors (Lipinski definition) is 5. The summed E-state index contributed by atoms with van der Waals surface area (Å²) in [6.45, 7) is 20.4. The van der Waals surface area contributed by atoms with Gasteiger partial charge >= 0.3 is 0 Å². The zero-order chi connectivity index (χ0) is 38.7. The van der Waals surface area contributed by atoms with Crippen LogP contribution in [0.25, 0.3) is 0 Å². The van der Waals surface area contributed by atoms with Crippen molar-refractivity contribution in [2.45, 2.75) is 141 Å². The number of carbonyl (C=O) groups excluding carboxylic acids is 5. The van der Waals surface area contributed by atoms with E-state index in [1.807, 2.05) is 20.8 Å². The molecule has 51 heavy (non-hydrogen) atoms. The van der Waals surface area contributed by atoms with E-state index in [1.165, 1.54) is 7.11 Å². The van der Waals surface area contributed by atoms with Crippen LogP contribution in [0.15, 0.2) is 0 Å². The molecule has 14 nitrogen and oxygen atoms in total. The number of epoxide rings is 2. The fraction of sp³-hybridized carbons (Fsp3) is 0.861. The highest BCUT2D eigenvalue weighted by molar-refractivity contribution is 6.74. The van der Waals surface area contributed by atoms with Crippen LogP contribution in [0.2, 0.25) is 18.1 Å². The topological polar surface area (TPSA) is 217 Å². The van der Waals surface area contributed by atoms with Gasteiger partial charge < -0.3 is 46.1 Å². The molecule has 0 spiro atoms. The second-order valence-electron chi connectivity index (χ2n) is 17.4. The van der Waals surface area contributed by atoms with Crippen LogP contribution in [0.3, 0.4) is 0 Å². The average Bonchev–Trinajstić information content (AvgIpc) is 3.93. The Morgan fingerprint density at radius 1 is 0.882 bits per heavy atom. The van der Waals surface area contributed by atoms with Crippen molar-refractivity contribution in [2.24, 2.45) is 35.1 Å². The minimum absolute atomic E-state index is 0.0237. The van der Waals surface area contributed by atoms with Gasteiger partial charge in [0.1, 0.15) is 17.7 Å². The summed E-state index contributed by atoms with van der Waals surface area (Å²) in [7, 11) is -0.740. The van der Waals surface area contributed by atoms with Crippen molar-refractivity contribution in [1.82, 2.24) is 16.0 Å². The van der Waals surface area contributed by atoms with Crippen molar-refractivity contribution < 1.29 is 42.6 Å². The van der Waals surface area contributed by atoms with Crippen LogP contribution in [0, 0.1) is 23.7 Å². The summed E-state index contributed by atoms with van der Waals surface area (Å²) in [4.78, 5) is 66.9. The highest BCUT2D eigenvalue weighted by Crippen LogP contribution is 2.47. The standard InChI is InChI=1S/C36H65N5O9Si/c1-20(2)12-26(29(42)35(8)17-48-35)40-33(46)28(41-32(45)25(38)16-47-9)24-15-23(24)13-21(3)14-27(39-31(44)22(4)37)30(43)36(18-49-36)19-50-51(10,11)34(5,6)7/h20-28H,12-19,37-38H2,1-11H3,(H,39,44)(H,40,46)(H,41,45)/t21?,22-,23?,24?,25-,26-,27?,28-,35+,36-/m0/s1. The Kier molecular flexibility index (Phi) is 14.2. The van der Waals surface area contributed by atoms with Crippen LogP contribution in [0.5, 0.6) is 0 Å². The van der Waals surface area contributed by atoms with E-state index in [4.69, 9.17) is 30.1 Å². The summed E-state index contributed by atoms with van der Waals surface area (Å²) in [5.41, 5.74) is 9.84. The molecule has 3 fully saturated rings. The van der Waals surface area contributed by atoms with Gasteiger partial charge in [-0.25, -0.2) is 0 Å². The van der Waals surface area contributed by atoms with Crippen molar-refractivity contribution in [2.75, 3.05) is 33.5 Å². The van der Waals surface area contributed by atoms with Crippen LogP contribution >= 0.6 is 0 Å². The van der Waals surface area contributed by atoms with Gasteiger partial charge in [0.25, 0.3) is 0 Å². The minimum atomic E-state index is -2.18. The maximum absolute atomic E-state index is 14.0. The molecule has 3 aliphatic rings. The van der Waals surface area contributed by atoms with Gasteiger partial charge in [-0.15, -0.1) is 0 Å². The van der Waals surface area contributed by atoms with E-state index < -0.39 is 67.5 Å². The summed E-state index contributed by atoms with van der Waals surface area (Å²) >= 11 is 0. The van der Waals surface area contributed by atoms with Gasteiger partial charge in [0, 0.05) is 7.11 Å². The maximum atomic E-state index is 14.0. The lowest BCUT2D eigenvalue weighted by molar-refractivity contribution is -0.134. The predicted octanol–water partition coefficient (Wildman–Crippen LogP) is 1.58. The van der Waals surface area contributed by atoms with Crippen LogP contribution in [-0.2, 0) is 42.6 Å². The van der Waals surface area contributed by atoms with Gasteiger partial charge in [0.15, 0.2) is 25.5 Å². The average molecular weight is 740 g/mol. The van der Waals surface area contributed by atoms with E-state index in [1.54, 1.807) is 13.8 Å². The summed E-state index contributed by atoms with van der Waals surface area (Å²) in [5, 5.41) is 8.55.